The van der Waals surface area contributed by atoms with Gasteiger partial charge in [0.2, 0.25) is 0 Å². The Hall–Kier alpha value is -1.52. The summed E-state index contributed by atoms with van der Waals surface area (Å²) in [4.78, 5) is 0. The summed E-state index contributed by atoms with van der Waals surface area (Å²) in [6.45, 7) is 0. The lowest BCUT2D eigenvalue weighted by Crippen LogP contribution is -1.88. The van der Waals surface area contributed by atoms with Crippen molar-refractivity contribution in [2.45, 2.75) is 0 Å². The molecule has 0 atom stereocenters. The van der Waals surface area contributed by atoms with E-state index in [0.29, 0.717) is 0 Å². The molecule has 1 N–H and O–H groups in total. The van der Waals surface area contributed by atoms with Crippen molar-refractivity contribution >= 4 is 23.2 Å². The number of benzene rings is 2. The number of ether oxygens (including phenoxy) is 1. The fraction of sp³-hybridized carbons (Fsp3) is 0. The fourth-order valence-corrected chi connectivity index (χ4v) is 1.66. The molecular formula is C12H6Cl2F2O2. The van der Waals surface area contributed by atoms with Crippen molar-refractivity contribution in [2.24, 2.45) is 0 Å². The van der Waals surface area contributed by atoms with Crippen molar-refractivity contribution in [2.75, 3.05) is 0 Å². The SMILES string of the molecule is Oc1cc(Cl)c(Oc2cc(F)cc(F)c2)cc1Cl. The molecule has 0 aromatic heterocycles. The Morgan fingerprint density at radius 3 is 2.11 bits per heavy atom. The van der Waals surface area contributed by atoms with E-state index in [-0.39, 0.29) is 27.3 Å². The van der Waals surface area contributed by atoms with Gasteiger partial charge < -0.3 is 9.84 Å². The van der Waals surface area contributed by atoms with Crippen molar-refractivity contribution in [1.82, 2.24) is 0 Å². The molecule has 0 aliphatic carbocycles. The molecule has 6 heteroatoms. The highest BCUT2D eigenvalue weighted by molar-refractivity contribution is 6.35. The summed E-state index contributed by atoms with van der Waals surface area (Å²) in [5.74, 6) is -1.72. The second-order valence-electron chi connectivity index (χ2n) is 3.44. The second-order valence-corrected chi connectivity index (χ2v) is 4.26. The van der Waals surface area contributed by atoms with Crippen LogP contribution in [0.25, 0.3) is 0 Å². The smallest absolute Gasteiger partial charge is 0.147 e. The molecule has 0 aliphatic rings. The van der Waals surface area contributed by atoms with E-state index in [0.717, 1.165) is 18.2 Å². The van der Waals surface area contributed by atoms with Gasteiger partial charge in [0, 0.05) is 30.3 Å². The predicted octanol–water partition coefficient (Wildman–Crippen LogP) is 4.77. The average molecular weight is 291 g/mol. The molecule has 0 saturated heterocycles. The maximum Gasteiger partial charge on any atom is 0.147 e. The minimum absolute atomic E-state index is 0.0197. The van der Waals surface area contributed by atoms with Crippen LogP contribution in [0, 0.1) is 11.6 Å². The van der Waals surface area contributed by atoms with Crippen molar-refractivity contribution in [1.29, 1.82) is 0 Å². The highest BCUT2D eigenvalue weighted by Crippen LogP contribution is 2.37. The van der Waals surface area contributed by atoms with Crippen LogP contribution in [0.5, 0.6) is 17.2 Å². The molecule has 0 amide bonds. The number of hydrogen-bond acceptors (Lipinski definition) is 2. The van der Waals surface area contributed by atoms with Crippen LogP contribution in [0.15, 0.2) is 30.3 Å². The van der Waals surface area contributed by atoms with Gasteiger partial charge in [0.05, 0.1) is 10.0 Å². The van der Waals surface area contributed by atoms with E-state index in [1.165, 1.54) is 12.1 Å². The zero-order valence-electron chi connectivity index (χ0n) is 8.75. The summed E-state index contributed by atoms with van der Waals surface area (Å²) in [6.07, 6.45) is 0. The van der Waals surface area contributed by atoms with E-state index in [4.69, 9.17) is 27.9 Å². The molecule has 0 fully saturated rings. The quantitative estimate of drug-likeness (QED) is 0.863. The molecule has 0 spiro atoms. The molecule has 0 saturated carbocycles. The van der Waals surface area contributed by atoms with E-state index in [9.17, 15) is 13.9 Å². The lowest BCUT2D eigenvalue weighted by atomic mass is 10.3. The molecule has 2 rings (SSSR count). The Morgan fingerprint density at radius 1 is 0.889 bits per heavy atom. The third kappa shape index (κ3) is 2.83. The van der Waals surface area contributed by atoms with Gasteiger partial charge in [-0.05, 0) is 0 Å². The largest absolute Gasteiger partial charge is 0.506 e. The Labute approximate surface area is 111 Å². The summed E-state index contributed by atoms with van der Waals surface area (Å²) in [6, 6.07) is 5.15. The van der Waals surface area contributed by atoms with Gasteiger partial charge in [0.15, 0.2) is 0 Å². The number of aromatic hydroxyl groups is 1. The topological polar surface area (TPSA) is 29.5 Å². The standard InChI is InChI=1S/C12H6Cl2F2O2/c13-9-5-12(10(14)4-11(9)17)18-8-2-6(15)1-7(16)3-8/h1-5,17H. The minimum Gasteiger partial charge on any atom is -0.506 e. The van der Waals surface area contributed by atoms with Crippen LogP contribution in [-0.2, 0) is 0 Å². The van der Waals surface area contributed by atoms with Gasteiger partial charge in [0.25, 0.3) is 0 Å². The Kier molecular flexibility index (Phi) is 3.59. The van der Waals surface area contributed by atoms with Gasteiger partial charge in [-0.15, -0.1) is 0 Å². The number of halogens is 4. The summed E-state index contributed by atoms with van der Waals surface area (Å²) >= 11 is 11.5. The first kappa shape index (κ1) is 12.9. The summed E-state index contributed by atoms with van der Waals surface area (Å²) in [7, 11) is 0. The number of hydrogen-bond donors (Lipinski definition) is 1. The van der Waals surface area contributed by atoms with Crippen molar-refractivity contribution in [3.05, 3.63) is 52.0 Å². The number of phenolic OH excluding ortho intramolecular Hbond substituents is 1. The monoisotopic (exact) mass is 290 g/mol. The maximum atomic E-state index is 13.0. The lowest BCUT2D eigenvalue weighted by molar-refractivity contribution is 0.458. The molecule has 2 aromatic carbocycles. The molecule has 94 valence electrons. The highest BCUT2D eigenvalue weighted by Gasteiger charge is 2.10. The molecule has 18 heavy (non-hydrogen) atoms. The van der Waals surface area contributed by atoms with E-state index in [1.54, 1.807) is 0 Å². The van der Waals surface area contributed by atoms with Gasteiger partial charge >= 0.3 is 0 Å². The van der Waals surface area contributed by atoms with Crippen molar-refractivity contribution in [3.8, 4) is 17.2 Å². The van der Waals surface area contributed by atoms with Crippen LogP contribution in [0.2, 0.25) is 10.0 Å². The average Bonchev–Trinajstić information content (AvgIpc) is 2.24. The first-order valence-electron chi connectivity index (χ1n) is 4.77. The van der Waals surface area contributed by atoms with Gasteiger partial charge in [-0.1, -0.05) is 23.2 Å². The zero-order chi connectivity index (χ0) is 13.3. The molecule has 2 nitrogen and oxygen atoms in total. The number of phenols is 1. The summed E-state index contributed by atoms with van der Waals surface area (Å²) in [5, 5.41) is 9.38. The second kappa shape index (κ2) is 5.00. The summed E-state index contributed by atoms with van der Waals surface area (Å²) in [5.41, 5.74) is 0. The Balaban J connectivity index is 2.36. The van der Waals surface area contributed by atoms with Crippen molar-refractivity contribution < 1.29 is 18.6 Å². The van der Waals surface area contributed by atoms with E-state index in [1.807, 2.05) is 0 Å². The first-order chi connectivity index (χ1) is 8.45. The van der Waals surface area contributed by atoms with Gasteiger partial charge in [-0.25, -0.2) is 8.78 Å². The molecule has 0 bridgehead atoms. The van der Waals surface area contributed by atoms with E-state index >= 15 is 0 Å². The molecular weight excluding hydrogens is 285 g/mol. The number of rotatable bonds is 2. The van der Waals surface area contributed by atoms with E-state index in [2.05, 4.69) is 0 Å². The zero-order valence-corrected chi connectivity index (χ0v) is 10.3. The third-order valence-electron chi connectivity index (χ3n) is 2.07. The lowest BCUT2D eigenvalue weighted by Gasteiger charge is -2.09. The maximum absolute atomic E-state index is 13.0. The third-order valence-corrected chi connectivity index (χ3v) is 2.66. The van der Waals surface area contributed by atoms with Crippen molar-refractivity contribution in [3.63, 3.8) is 0 Å². The van der Waals surface area contributed by atoms with Crippen LogP contribution in [0.4, 0.5) is 8.78 Å². The predicted molar refractivity (Wildman–Crippen MR) is 64.6 cm³/mol. The molecule has 0 radical (unpaired) electrons. The van der Waals surface area contributed by atoms with Crippen LogP contribution >= 0.6 is 23.2 Å². The minimum atomic E-state index is -0.772. The molecule has 0 heterocycles. The van der Waals surface area contributed by atoms with Gasteiger partial charge in [0.1, 0.15) is 28.9 Å². The molecule has 0 aliphatic heterocycles. The van der Waals surface area contributed by atoms with Crippen LogP contribution in [0.3, 0.4) is 0 Å². The Bertz CT molecular complexity index is 583. The van der Waals surface area contributed by atoms with Gasteiger partial charge in [-0.2, -0.15) is 0 Å². The highest BCUT2D eigenvalue weighted by atomic mass is 35.5. The first-order valence-corrected chi connectivity index (χ1v) is 5.53. The normalized spacial score (nSPS) is 10.4. The van der Waals surface area contributed by atoms with Gasteiger partial charge in [-0.3, -0.25) is 0 Å². The fourth-order valence-electron chi connectivity index (χ4n) is 1.31. The van der Waals surface area contributed by atoms with E-state index < -0.39 is 11.6 Å². The van der Waals surface area contributed by atoms with Crippen LogP contribution < -0.4 is 4.74 Å². The Morgan fingerprint density at radius 2 is 1.50 bits per heavy atom. The molecule has 2 aromatic rings. The summed E-state index contributed by atoms with van der Waals surface area (Å²) < 4.78 is 31.1. The molecule has 0 unspecified atom stereocenters. The van der Waals surface area contributed by atoms with Crippen LogP contribution in [-0.4, -0.2) is 5.11 Å². The van der Waals surface area contributed by atoms with Crippen LogP contribution in [0.1, 0.15) is 0 Å².